The minimum atomic E-state index is -0.560. The van der Waals surface area contributed by atoms with Gasteiger partial charge in [0.1, 0.15) is 7.85 Å². The van der Waals surface area contributed by atoms with Crippen LogP contribution in [-0.2, 0) is 5.16 Å². The lowest BCUT2D eigenvalue weighted by atomic mass is 9.92. The van der Waals surface area contributed by atoms with E-state index >= 15 is 0 Å². The molecule has 4 aromatic carbocycles. The van der Waals surface area contributed by atoms with Gasteiger partial charge in [-0.25, -0.2) is 4.98 Å². The second-order valence-electron chi connectivity index (χ2n) is 9.83. The molecule has 0 aliphatic carbocycles. The quantitative estimate of drug-likeness (QED) is 0.139. The maximum atomic E-state index is 5.67. The second kappa shape index (κ2) is 14.9. The van der Waals surface area contributed by atoms with Gasteiger partial charge in [-0.05, 0) is 47.2 Å². The van der Waals surface area contributed by atoms with Crippen molar-refractivity contribution in [2.45, 2.75) is 31.5 Å². The molecular formula is C36H37BN2Si. The zero-order valence-electron chi connectivity index (χ0n) is 23.5. The summed E-state index contributed by atoms with van der Waals surface area (Å²) in [7, 11) is 5.11. The molecule has 5 rings (SSSR count). The van der Waals surface area contributed by atoms with Crippen molar-refractivity contribution in [3.63, 3.8) is 0 Å². The van der Waals surface area contributed by atoms with Crippen LogP contribution in [0.15, 0.2) is 158 Å². The third kappa shape index (κ3) is 7.08. The highest BCUT2D eigenvalue weighted by Gasteiger charge is 2.35. The Morgan fingerprint density at radius 3 is 1.65 bits per heavy atom. The molecule has 0 N–H and O–H groups in total. The summed E-state index contributed by atoms with van der Waals surface area (Å²) in [5.41, 5.74) is 7.57. The average Bonchev–Trinajstić information content (AvgIpc) is 3.56. The summed E-state index contributed by atoms with van der Waals surface area (Å²) in [6, 6.07) is 43.3. The minimum absolute atomic E-state index is 0.109. The molecule has 0 aliphatic rings. The minimum Gasteiger partial charge on any atom is -0.327 e. The summed E-state index contributed by atoms with van der Waals surface area (Å²) < 4.78 is 2.32. The Kier molecular flexibility index (Phi) is 10.7. The van der Waals surface area contributed by atoms with Crippen LogP contribution in [0.3, 0.4) is 0 Å². The van der Waals surface area contributed by atoms with Crippen LogP contribution in [0.2, 0.25) is 6.04 Å². The van der Waals surface area contributed by atoms with E-state index in [1.807, 2.05) is 48.9 Å². The summed E-state index contributed by atoms with van der Waals surface area (Å²) in [6.07, 6.45) is 9.46. The number of aromatic nitrogens is 2. The molecule has 0 unspecified atom stereocenters. The number of rotatable bonds is 9. The summed E-state index contributed by atoms with van der Waals surface area (Å²) in [6.45, 7) is 4.48. The lowest BCUT2D eigenvalue weighted by molar-refractivity contribution is 0.592. The van der Waals surface area contributed by atoms with Gasteiger partial charge in [-0.1, -0.05) is 140 Å². The maximum Gasteiger partial charge on any atom is 0.103 e. The van der Waals surface area contributed by atoms with Gasteiger partial charge in [0.05, 0.1) is 21.0 Å². The van der Waals surface area contributed by atoms with Gasteiger partial charge >= 0.3 is 0 Å². The summed E-state index contributed by atoms with van der Waals surface area (Å²) in [5, 5.41) is -0.109. The Hall–Kier alpha value is -4.15. The molecular weight excluding hydrogens is 499 g/mol. The molecule has 2 nitrogen and oxygen atoms in total. The first-order valence-corrected chi connectivity index (χ1v) is 15.7. The lowest BCUT2D eigenvalue weighted by Gasteiger charge is -2.37. The van der Waals surface area contributed by atoms with Crippen molar-refractivity contribution in [1.82, 2.24) is 9.55 Å². The van der Waals surface area contributed by atoms with Crippen LogP contribution in [0.5, 0.6) is 0 Å². The van der Waals surface area contributed by atoms with Crippen molar-refractivity contribution in [3.8, 4) is 0 Å². The van der Waals surface area contributed by atoms with Gasteiger partial charge in [0.25, 0.3) is 0 Å². The normalized spacial score (nSPS) is 11.6. The van der Waals surface area contributed by atoms with Crippen molar-refractivity contribution in [2.75, 3.05) is 0 Å². The molecule has 1 heterocycles. The van der Waals surface area contributed by atoms with E-state index in [0.29, 0.717) is 0 Å². The topological polar surface area (TPSA) is 17.8 Å². The lowest BCUT2D eigenvalue weighted by Crippen LogP contribution is -2.41. The van der Waals surface area contributed by atoms with E-state index in [1.54, 1.807) is 5.98 Å². The van der Waals surface area contributed by atoms with Gasteiger partial charge < -0.3 is 4.57 Å². The third-order valence-electron chi connectivity index (χ3n) is 7.22. The second-order valence-corrected chi connectivity index (χ2v) is 11.9. The van der Waals surface area contributed by atoms with E-state index in [-0.39, 0.29) is 5.16 Å². The highest BCUT2D eigenvalue weighted by molar-refractivity contribution is 6.42. The maximum absolute atomic E-state index is 5.67. The molecule has 0 amide bonds. The molecule has 0 saturated heterocycles. The van der Waals surface area contributed by atoms with E-state index in [2.05, 4.69) is 121 Å². The predicted octanol–water partition coefficient (Wildman–Crippen LogP) is 7.82. The van der Waals surface area contributed by atoms with Gasteiger partial charge in [-0.2, -0.15) is 0 Å². The van der Waals surface area contributed by atoms with Crippen LogP contribution in [0.25, 0.3) is 5.57 Å². The van der Waals surface area contributed by atoms with Crippen molar-refractivity contribution in [1.29, 1.82) is 0 Å². The van der Waals surface area contributed by atoms with Crippen LogP contribution < -0.4 is 0 Å². The van der Waals surface area contributed by atoms with Crippen LogP contribution in [-0.4, -0.2) is 26.9 Å². The van der Waals surface area contributed by atoms with Crippen molar-refractivity contribution in [2.24, 2.45) is 0 Å². The number of nitrogens with zero attached hydrogens (tertiary/aromatic N) is 2. The zero-order chi connectivity index (χ0) is 28.0. The third-order valence-corrected chi connectivity index (χ3v) is 10.2. The van der Waals surface area contributed by atoms with E-state index in [0.717, 1.165) is 23.1 Å². The van der Waals surface area contributed by atoms with Crippen LogP contribution in [0, 0.1) is 0 Å². The number of benzene rings is 4. The van der Waals surface area contributed by atoms with Gasteiger partial charge in [-0.15, -0.1) is 5.98 Å². The van der Waals surface area contributed by atoms with Crippen molar-refractivity contribution < 1.29 is 0 Å². The van der Waals surface area contributed by atoms with E-state index in [9.17, 15) is 0 Å². The molecule has 0 atom stereocenters. The van der Waals surface area contributed by atoms with E-state index in [1.165, 1.54) is 22.7 Å². The number of hydrogen-bond donors (Lipinski definition) is 0. The first-order chi connectivity index (χ1) is 19.7. The fourth-order valence-corrected chi connectivity index (χ4v) is 7.67. The van der Waals surface area contributed by atoms with Crippen LogP contribution in [0.1, 0.15) is 42.5 Å². The van der Waals surface area contributed by atoms with Gasteiger partial charge in [0, 0.05) is 12.4 Å². The SMILES string of the molecule is CCC=C(C)C[SiH2]C(c1ccccc1)(c1ccccc1)n1ccnc1.[B]C=C(c1ccccc1)c1ccccc1. The zero-order valence-corrected chi connectivity index (χ0v) is 24.9. The molecule has 0 aliphatic heterocycles. The molecule has 0 bridgehead atoms. The molecule has 4 heteroatoms. The van der Waals surface area contributed by atoms with Crippen molar-refractivity contribution >= 4 is 22.9 Å². The predicted molar refractivity (Wildman–Crippen MR) is 174 cm³/mol. The number of allylic oxidation sites excluding steroid dienone is 2. The number of hydrogen-bond acceptors (Lipinski definition) is 1. The molecule has 0 fully saturated rings. The molecule has 0 spiro atoms. The van der Waals surface area contributed by atoms with Crippen molar-refractivity contribution in [3.05, 3.63) is 180 Å². The highest BCUT2D eigenvalue weighted by atomic mass is 28.2. The fourth-order valence-electron chi connectivity index (χ4n) is 5.22. The van der Waals surface area contributed by atoms with Crippen LogP contribution in [0.4, 0.5) is 0 Å². The van der Waals surface area contributed by atoms with E-state index in [4.69, 9.17) is 7.85 Å². The Labute approximate surface area is 243 Å². The molecule has 198 valence electrons. The Morgan fingerprint density at radius 2 is 1.25 bits per heavy atom. The summed E-state index contributed by atoms with van der Waals surface area (Å²) in [4.78, 5) is 4.37. The molecule has 1 aromatic heterocycles. The Morgan fingerprint density at radius 1 is 0.775 bits per heavy atom. The Bertz CT molecular complexity index is 1380. The summed E-state index contributed by atoms with van der Waals surface area (Å²) in [5.74, 6) is 1.66. The van der Waals surface area contributed by atoms with Gasteiger partial charge in [0.2, 0.25) is 0 Å². The number of imidazole rings is 1. The molecule has 40 heavy (non-hydrogen) atoms. The first-order valence-electron chi connectivity index (χ1n) is 14.0. The smallest absolute Gasteiger partial charge is 0.103 e. The monoisotopic (exact) mass is 536 g/mol. The molecule has 0 saturated carbocycles. The fraction of sp³-hybridized carbons (Fsp3) is 0.139. The summed E-state index contributed by atoms with van der Waals surface area (Å²) >= 11 is 0. The van der Waals surface area contributed by atoms with Crippen LogP contribution >= 0.6 is 0 Å². The molecule has 2 radical (unpaired) electrons. The van der Waals surface area contributed by atoms with Gasteiger partial charge in [0.15, 0.2) is 0 Å². The first kappa shape index (κ1) is 28.8. The highest BCUT2D eigenvalue weighted by Crippen LogP contribution is 2.34. The molecule has 5 aromatic rings. The van der Waals surface area contributed by atoms with E-state index < -0.39 is 9.52 Å². The largest absolute Gasteiger partial charge is 0.327 e. The standard InChI is InChI=1S/C22H26N2Si.C14H11B/c1-3-10-19(2)17-25-22(24-16-15-23-18-24,20-11-6-4-7-12-20)21-13-8-5-9-14-21;15-11-14(12-7-3-1-4-8-12)13-9-5-2-6-10-13/h4-16,18H,3,17,25H2,1-2H3;1-11H. The average molecular weight is 537 g/mol. The van der Waals surface area contributed by atoms with Gasteiger partial charge in [-0.3, -0.25) is 0 Å². The Balaban J connectivity index is 0.000000210.